The van der Waals surface area contributed by atoms with Crippen molar-refractivity contribution in [3.63, 3.8) is 0 Å². The van der Waals surface area contributed by atoms with Gasteiger partial charge in [-0.1, -0.05) is 20.8 Å². The summed E-state index contributed by atoms with van der Waals surface area (Å²) < 4.78 is 24.2. The Balaban J connectivity index is 2.57. The van der Waals surface area contributed by atoms with Crippen molar-refractivity contribution in [1.29, 1.82) is 0 Å². The van der Waals surface area contributed by atoms with E-state index in [-0.39, 0.29) is 16.4 Å². The number of carbonyl (C=O) groups excluding carboxylic acids is 1. The molecule has 2 atom stereocenters. The molecule has 2 heterocycles. The minimum Gasteiger partial charge on any atom is -0.396 e. The average Bonchev–Trinajstić information content (AvgIpc) is 2.89. The third kappa shape index (κ3) is 2.94. The highest BCUT2D eigenvalue weighted by Crippen LogP contribution is 2.44. The van der Waals surface area contributed by atoms with Gasteiger partial charge in [0.05, 0.1) is 10.6 Å². The number of anilines is 2. The molecule has 1 fully saturated rings. The monoisotopic (exact) mass is 330 g/mol. The molecule has 0 saturated carbocycles. The first-order valence-corrected chi connectivity index (χ1v) is 9.78. The van der Waals surface area contributed by atoms with E-state index in [9.17, 15) is 13.2 Å². The maximum absolute atomic E-state index is 12.1. The van der Waals surface area contributed by atoms with Crippen molar-refractivity contribution in [2.75, 3.05) is 30.0 Å². The van der Waals surface area contributed by atoms with Gasteiger partial charge in [0.1, 0.15) is 9.90 Å². The van der Waals surface area contributed by atoms with E-state index in [2.05, 4.69) is 18.7 Å². The van der Waals surface area contributed by atoms with Crippen molar-refractivity contribution in [2.24, 2.45) is 11.8 Å². The number of sulfone groups is 1. The van der Waals surface area contributed by atoms with Crippen LogP contribution in [0.1, 0.15) is 36.9 Å². The van der Waals surface area contributed by atoms with Crippen LogP contribution in [0.15, 0.2) is 4.90 Å². The van der Waals surface area contributed by atoms with Gasteiger partial charge in [0.25, 0.3) is 0 Å². The molecule has 1 aromatic heterocycles. The lowest BCUT2D eigenvalue weighted by atomic mass is 10.0. The molecule has 2 unspecified atom stereocenters. The first-order chi connectivity index (χ1) is 9.66. The number of thiophene rings is 1. The van der Waals surface area contributed by atoms with E-state index in [4.69, 9.17) is 5.73 Å². The van der Waals surface area contributed by atoms with Gasteiger partial charge in [0, 0.05) is 25.8 Å². The molecular formula is C14H22N2O3S2. The number of rotatable bonds is 4. The van der Waals surface area contributed by atoms with Gasteiger partial charge in [0.2, 0.25) is 0 Å². The summed E-state index contributed by atoms with van der Waals surface area (Å²) in [4.78, 5) is 14.5. The minimum absolute atomic E-state index is 0.103. The van der Waals surface area contributed by atoms with E-state index in [0.717, 1.165) is 19.3 Å². The fourth-order valence-electron chi connectivity index (χ4n) is 2.65. The Bertz CT molecular complexity index is 654. The Labute approximate surface area is 130 Å². The van der Waals surface area contributed by atoms with Crippen molar-refractivity contribution >= 4 is 37.6 Å². The first-order valence-electron chi connectivity index (χ1n) is 7.07. The second-order valence-electron chi connectivity index (χ2n) is 5.89. The smallest absolute Gasteiger partial charge is 0.180 e. The largest absolute Gasteiger partial charge is 0.396 e. The van der Waals surface area contributed by atoms with Crippen molar-refractivity contribution in [3.05, 3.63) is 4.88 Å². The minimum atomic E-state index is -3.47. The number of Topliss-reactive ketones (excluding diaryl/α,β-unsaturated/α-hetero) is 1. The molecule has 0 aliphatic carbocycles. The number of ketones is 1. The molecule has 118 valence electrons. The van der Waals surface area contributed by atoms with Crippen LogP contribution in [0.3, 0.4) is 0 Å². The van der Waals surface area contributed by atoms with Crippen LogP contribution < -0.4 is 10.6 Å². The third-order valence-electron chi connectivity index (χ3n) is 4.10. The van der Waals surface area contributed by atoms with E-state index < -0.39 is 9.84 Å². The molecule has 0 amide bonds. The van der Waals surface area contributed by atoms with Crippen LogP contribution >= 0.6 is 11.3 Å². The topological polar surface area (TPSA) is 80.5 Å². The molecule has 7 heteroatoms. The van der Waals surface area contributed by atoms with Crippen LogP contribution in [0, 0.1) is 11.8 Å². The number of nitrogens with two attached hydrogens (primary N) is 1. The van der Waals surface area contributed by atoms with E-state index >= 15 is 0 Å². The normalized spacial score (nSPS) is 22.8. The standard InChI is InChI=1S/C14H22N2O3S2/c1-5-10(17)12-11(15)13(21(4,18)19)14(20-12)16-6-8(2)9(3)7-16/h8-9H,5-7,15H2,1-4H3. The predicted molar refractivity (Wildman–Crippen MR) is 87.0 cm³/mol. The molecule has 0 aromatic carbocycles. The van der Waals surface area contributed by atoms with Crippen LogP contribution in [-0.4, -0.2) is 33.5 Å². The lowest BCUT2D eigenvalue weighted by Crippen LogP contribution is -2.20. The van der Waals surface area contributed by atoms with Gasteiger partial charge in [0.15, 0.2) is 15.6 Å². The summed E-state index contributed by atoms with van der Waals surface area (Å²) in [5.74, 6) is 0.881. The first kappa shape index (κ1) is 16.3. The maximum Gasteiger partial charge on any atom is 0.180 e. The van der Waals surface area contributed by atoms with Crippen LogP contribution in [0.2, 0.25) is 0 Å². The highest BCUT2D eigenvalue weighted by molar-refractivity contribution is 7.91. The van der Waals surface area contributed by atoms with Crippen molar-refractivity contribution in [1.82, 2.24) is 0 Å². The van der Waals surface area contributed by atoms with Crippen LogP contribution in [0.25, 0.3) is 0 Å². The molecule has 0 radical (unpaired) electrons. The zero-order chi connectivity index (χ0) is 15.9. The van der Waals surface area contributed by atoms with Crippen molar-refractivity contribution < 1.29 is 13.2 Å². The van der Waals surface area contributed by atoms with Crippen LogP contribution in [-0.2, 0) is 9.84 Å². The quantitative estimate of drug-likeness (QED) is 0.858. The molecule has 21 heavy (non-hydrogen) atoms. The second kappa shape index (κ2) is 5.61. The maximum atomic E-state index is 12.1. The molecule has 1 saturated heterocycles. The highest BCUT2D eigenvalue weighted by atomic mass is 32.2. The summed E-state index contributed by atoms with van der Waals surface area (Å²) in [6.45, 7) is 7.65. The van der Waals surface area contributed by atoms with Crippen LogP contribution in [0.4, 0.5) is 10.7 Å². The molecule has 0 bridgehead atoms. The Kier molecular flexibility index (Phi) is 4.35. The Morgan fingerprint density at radius 2 is 1.86 bits per heavy atom. The molecule has 1 aromatic rings. The zero-order valence-electron chi connectivity index (χ0n) is 12.8. The number of nitrogens with zero attached hydrogens (tertiary/aromatic N) is 1. The SMILES string of the molecule is CCC(=O)c1sc(N2CC(C)C(C)C2)c(S(C)(=O)=O)c1N. The van der Waals surface area contributed by atoms with Gasteiger partial charge in [-0.3, -0.25) is 4.79 Å². The van der Waals surface area contributed by atoms with Gasteiger partial charge in [-0.15, -0.1) is 11.3 Å². The molecule has 5 nitrogen and oxygen atoms in total. The van der Waals surface area contributed by atoms with E-state index in [1.54, 1.807) is 6.92 Å². The highest BCUT2D eigenvalue weighted by Gasteiger charge is 2.34. The van der Waals surface area contributed by atoms with E-state index in [0.29, 0.717) is 28.1 Å². The molecule has 0 spiro atoms. The summed E-state index contributed by atoms with van der Waals surface area (Å²) in [7, 11) is -3.47. The van der Waals surface area contributed by atoms with Crippen molar-refractivity contribution in [3.8, 4) is 0 Å². The van der Waals surface area contributed by atoms with Gasteiger partial charge in [-0.05, 0) is 11.8 Å². The lowest BCUT2D eigenvalue weighted by molar-refractivity contribution is 0.0992. The molecule has 2 rings (SSSR count). The summed E-state index contributed by atoms with van der Waals surface area (Å²) in [5, 5.41) is 0.628. The fraction of sp³-hybridized carbons (Fsp3) is 0.643. The molecule has 1 aliphatic heterocycles. The molecular weight excluding hydrogens is 308 g/mol. The van der Waals surface area contributed by atoms with Gasteiger partial charge in [-0.2, -0.15) is 0 Å². The van der Waals surface area contributed by atoms with E-state index in [1.165, 1.54) is 11.3 Å². The predicted octanol–water partition coefficient (Wildman–Crippen LogP) is 2.42. The number of carbonyl (C=O) groups is 1. The summed E-state index contributed by atoms with van der Waals surface area (Å²) in [6, 6.07) is 0. The van der Waals surface area contributed by atoms with Crippen LogP contribution in [0.5, 0.6) is 0 Å². The summed E-state index contributed by atoms with van der Waals surface area (Å²) in [6.07, 6.45) is 1.47. The summed E-state index contributed by atoms with van der Waals surface area (Å²) >= 11 is 1.22. The Morgan fingerprint density at radius 3 is 2.29 bits per heavy atom. The van der Waals surface area contributed by atoms with Gasteiger partial charge < -0.3 is 10.6 Å². The molecule has 1 aliphatic rings. The molecule has 2 N–H and O–H groups in total. The summed E-state index contributed by atoms with van der Waals surface area (Å²) in [5.41, 5.74) is 6.11. The Hall–Kier alpha value is -1.08. The average molecular weight is 330 g/mol. The number of nitrogen functional groups attached to an aromatic ring is 1. The van der Waals surface area contributed by atoms with E-state index in [1.807, 2.05) is 0 Å². The van der Waals surface area contributed by atoms with Crippen molar-refractivity contribution in [2.45, 2.75) is 32.1 Å². The third-order valence-corrected chi connectivity index (χ3v) is 6.69. The van der Waals surface area contributed by atoms with Gasteiger partial charge >= 0.3 is 0 Å². The lowest BCUT2D eigenvalue weighted by Gasteiger charge is -2.17. The second-order valence-corrected chi connectivity index (χ2v) is 8.84. The Morgan fingerprint density at radius 1 is 1.33 bits per heavy atom. The fourth-order valence-corrected chi connectivity index (χ4v) is 5.38. The number of hydrogen-bond donors (Lipinski definition) is 1. The zero-order valence-corrected chi connectivity index (χ0v) is 14.5. The van der Waals surface area contributed by atoms with Gasteiger partial charge in [-0.25, -0.2) is 8.42 Å². The number of hydrogen-bond acceptors (Lipinski definition) is 6.